The van der Waals surface area contributed by atoms with Gasteiger partial charge in [-0.1, -0.05) is 12.1 Å². The zero-order valence-corrected chi connectivity index (χ0v) is 9.48. The number of phenolic OH excluding ortho intramolecular Hbond substituents is 1. The summed E-state index contributed by atoms with van der Waals surface area (Å²) in [6, 6.07) is 7.30. The van der Waals surface area contributed by atoms with E-state index in [9.17, 15) is 5.11 Å². The van der Waals surface area contributed by atoms with Gasteiger partial charge in [-0.25, -0.2) is 4.98 Å². The number of nitrogens with zero attached hydrogens (tertiary/aromatic N) is 1. The van der Waals surface area contributed by atoms with Crippen LogP contribution in [-0.2, 0) is 6.42 Å². The average Bonchev–Trinajstić information content (AvgIpc) is 2.73. The minimum Gasteiger partial charge on any atom is -0.507 e. The molecule has 17 heavy (non-hydrogen) atoms. The molecule has 4 heteroatoms. The molecule has 0 aliphatic carbocycles. The van der Waals surface area contributed by atoms with Crippen molar-refractivity contribution in [3.63, 3.8) is 0 Å². The molecule has 1 aliphatic heterocycles. The number of hydrogen-bond acceptors (Lipinski definition) is 3. The Bertz CT molecular complexity index is 517. The highest BCUT2D eigenvalue weighted by Crippen LogP contribution is 2.27. The number of aromatic nitrogens is 2. The van der Waals surface area contributed by atoms with Crippen molar-refractivity contribution in [3.8, 4) is 17.0 Å². The van der Waals surface area contributed by atoms with Crippen LogP contribution >= 0.6 is 0 Å². The molecule has 3 N–H and O–H groups in total. The molecule has 4 nitrogen and oxygen atoms in total. The minimum absolute atomic E-state index is 0.285. The summed E-state index contributed by atoms with van der Waals surface area (Å²) in [5, 5.41) is 13.0. The van der Waals surface area contributed by atoms with E-state index in [1.54, 1.807) is 12.3 Å². The number of imidazole rings is 1. The summed E-state index contributed by atoms with van der Waals surface area (Å²) in [4.78, 5) is 7.63. The maximum absolute atomic E-state index is 9.75. The smallest absolute Gasteiger partial charge is 0.124 e. The van der Waals surface area contributed by atoms with E-state index in [2.05, 4.69) is 15.3 Å². The van der Waals surface area contributed by atoms with Gasteiger partial charge in [-0.05, 0) is 31.1 Å². The third-order valence-corrected chi connectivity index (χ3v) is 3.17. The molecule has 0 unspecified atom stereocenters. The number of hydrogen-bond donors (Lipinski definition) is 3. The maximum Gasteiger partial charge on any atom is 0.124 e. The van der Waals surface area contributed by atoms with E-state index in [4.69, 9.17) is 0 Å². The molecule has 1 saturated heterocycles. The third-order valence-electron chi connectivity index (χ3n) is 3.17. The number of para-hydroxylation sites is 1. The lowest BCUT2D eigenvalue weighted by atomic mass is 9.99. The maximum atomic E-state index is 9.75. The van der Waals surface area contributed by atoms with Crippen LogP contribution in [0.25, 0.3) is 11.3 Å². The van der Waals surface area contributed by atoms with Gasteiger partial charge in [0.2, 0.25) is 0 Å². The van der Waals surface area contributed by atoms with Gasteiger partial charge in [-0.3, -0.25) is 0 Å². The van der Waals surface area contributed by atoms with Gasteiger partial charge in [0.25, 0.3) is 0 Å². The molecule has 0 spiro atoms. The van der Waals surface area contributed by atoms with Crippen LogP contribution in [0.3, 0.4) is 0 Å². The Balaban J connectivity index is 1.82. The number of aromatic hydroxyl groups is 1. The Morgan fingerprint density at radius 2 is 2.12 bits per heavy atom. The van der Waals surface area contributed by atoms with Crippen molar-refractivity contribution in [2.75, 3.05) is 13.1 Å². The Labute approximate surface area is 99.7 Å². The zero-order valence-electron chi connectivity index (χ0n) is 9.48. The summed E-state index contributed by atoms with van der Waals surface area (Å²) in [5.74, 6) is 1.97. The second-order valence-corrected chi connectivity index (χ2v) is 4.49. The number of H-pyrrole nitrogens is 1. The lowest BCUT2D eigenvalue weighted by Gasteiger charge is -2.25. The molecule has 0 amide bonds. The molecule has 3 rings (SSSR count). The molecule has 1 aromatic carbocycles. The molecule has 1 aromatic heterocycles. The molecular weight excluding hydrogens is 214 g/mol. The van der Waals surface area contributed by atoms with Crippen molar-refractivity contribution >= 4 is 0 Å². The Kier molecular flexibility index (Phi) is 2.57. The Morgan fingerprint density at radius 3 is 2.82 bits per heavy atom. The summed E-state index contributed by atoms with van der Waals surface area (Å²) in [5.41, 5.74) is 1.68. The highest BCUT2D eigenvalue weighted by Gasteiger charge is 2.18. The van der Waals surface area contributed by atoms with Crippen molar-refractivity contribution in [2.45, 2.75) is 6.42 Å². The molecule has 1 fully saturated rings. The fourth-order valence-electron chi connectivity index (χ4n) is 2.07. The van der Waals surface area contributed by atoms with Crippen molar-refractivity contribution < 1.29 is 5.11 Å². The molecule has 0 saturated carbocycles. The van der Waals surface area contributed by atoms with Crippen LogP contribution in [-0.4, -0.2) is 28.2 Å². The molecule has 0 radical (unpaired) electrons. The lowest BCUT2D eigenvalue weighted by Crippen LogP contribution is -2.43. The molecule has 88 valence electrons. The summed E-state index contributed by atoms with van der Waals surface area (Å²) in [7, 11) is 0. The molecule has 0 bridgehead atoms. The van der Waals surface area contributed by atoms with Crippen molar-refractivity contribution in [2.24, 2.45) is 5.92 Å². The molecule has 1 aliphatic rings. The standard InChI is InChI=1S/C13H15N3O/c17-12-4-2-1-3-10(12)11-8-15-13(16-11)5-9-6-14-7-9/h1-4,8-9,14,17H,5-7H2,(H,15,16). The van der Waals surface area contributed by atoms with Gasteiger partial charge < -0.3 is 15.4 Å². The van der Waals surface area contributed by atoms with Gasteiger partial charge in [0, 0.05) is 12.0 Å². The highest BCUT2D eigenvalue weighted by atomic mass is 16.3. The number of phenols is 1. The van der Waals surface area contributed by atoms with Gasteiger partial charge in [-0.2, -0.15) is 0 Å². The van der Waals surface area contributed by atoms with Crippen LogP contribution in [0.1, 0.15) is 5.82 Å². The van der Waals surface area contributed by atoms with Crippen LogP contribution in [0.5, 0.6) is 5.75 Å². The van der Waals surface area contributed by atoms with Gasteiger partial charge >= 0.3 is 0 Å². The number of benzene rings is 1. The average molecular weight is 229 g/mol. The minimum atomic E-state index is 0.285. The fourth-order valence-corrected chi connectivity index (χ4v) is 2.07. The Morgan fingerprint density at radius 1 is 1.29 bits per heavy atom. The van der Waals surface area contributed by atoms with Crippen LogP contribution in [0.2, 0.25) is 0 Å². The zero-order chi connectivity index (χ0) is 11.7. The summed E-state index contributed by atoms with van der Waals surface area (Å²) in [6.07, 6.45) is 2.76. The summed E-state index contributed by atoms with van der Waals surface area (Å²) >= 11 is 0. The molecule has 0 atom stereocenters. The van der Waals surface area contributed by atoms with E-state index >= 15 is 0 Å². The predicted molar refractivity (Wildman–Crippen MR) is 65.8 cm³/mol. The van der Waals surface area contributed by atoms with Gasteiger partial charge in [0.1, 0.15) is 11.6 Å². The number of nitrogens with one attached hydrogen (secondary N) is 2. The Hall–Kier alpha value is -1.81. The first-order chi connectivity index (χ1) is 8.33. The first-order valence-electron chi connectivity index (χ1n) is 5.86. The van der Waals surface area contributed by atoms with Crippen LogP contribution in [0, 0.1) is 5.92 Å². The van der Waals surface area contributed by atoms with E-state index in [1.165, 1.54) is 0 Å². The predicted octanol–water partition coefficient (Wildman–Crippen LogP) is 1.54. The topological polar surface area (TPSA) is 60.9 Å². The second-order valence-electron chi connectivity index (χ2n) is 4.49. The fraction of sp³-hybridized carbons (Fsp3) is 0.308. The quantitative estimate of drug-likeness (QED) is 0.748. The van der Waals surface area contributed by atoms with Crippen LogP contribution in [0.4, 0.5) is 0 Å². The number of aromatic amines is 1. The summed E-state index contributed by atoms with van der Waals surface area (Å²) < 4.78 is 0. The normalized spacial score (nSPS) is 15.8. The van der Waals surface area contributed by atoms with E-state index < -0.39 is 0 Å². The second kappa shape index (κ2) is 4.22. The van der Waals surface area contributed by atoms with Gasteiger partial charge in [0.05, 0.1) is 11.9 Å². The highest BCUT2D eigenvalue weighted by molar-refractivity contribution is 5.65. The van der Waals surface area contributed by atoms with E-state index in [-0.39, 0.29) is 5.75 Å². The molecule has 2 heterocycles. The SMILES string of the molecule is Oc1ccccc1-c1cnc(CC2CNC2)[nH]1. The van der Waals surface area contributed by atoms with Crippen molar-refractivity contribution in [1.82, 2.24) is 15.3 Å². The van der Waals surface area contributed by atoms with Crippen LogP contribution in [0.15, 0.2) is 30.5 Å². The molecular formula is C13H15N3O. The van der Waals surface area contributed by atoms with Crippen LogP contribution < -0.4 is 5.32 Å². The first kappa shape index (κ1) is 10.4. The largest absolute Gasteiger partial charge is 0.507 e. The van der Waals surface area contributed by atoms with Crippen molar-refractivity contribution in [3.05, 3.63) is 36.3 Å². The summed E-state index contributed by atoms with van der Waals surface area (Å²) in [6.45, 7) is 2.15. The number of rotatable bonds is 3. The first-order valence-corrected chi connectivity index (χ1v) is 5.86. The van der Waals surface area contributed by atoms with Gasteiger partial charge in [-0.15, -0.1) is 0 Å². The van der Waals surface area contributed by atoms with Gasteiger partial charge in [0.15, 0.2) is 0 Å². The van der Waals surface area contributed by atoms with E-state index in [0.717, 1.165) is 36.6 Å². The monoisotopic (exact) mass is 229 g/mol. The van der Waals surface area contributed by atoms with E-state index in [1.807, 2.05) is 18.2 Å². The third kappa shape index (κ3) is 2.03. The molecule has 2 aromatic rings. The van der Waals surface area contributed by atoms with Crippen molar-refractivity contribution in [1.29, 1.82) is 0 Å². The lowest BCUT2D eigenvalue weighted by molar-refractivity contribution is 0.342. The van der Waals surface area contributed by atoms with E-state index in [0.29, 0.717) is 5.92 Å².